The quantitative estimate of drug-likeness (QED) is 0.774. The predicted molar refractivity (Wildman–Crippen MR) is 75.8 cm³/mol. The zero-order chi connectivity index (χ0) is 15.2. The lowest BCUT2D eigenvalue weighted by Crippen LogP contribution is -2.50. The standard InChI is InChI=1S/C15H22N4O2/c16-5-1-7-18(8-2-6-17)15(21)11-19-12-3-4-13(19)10-14(20)9-12/h12-14,20H,1-4,7-11H2. The lowest BCUT2D eigenvalue weighted by molar-refractivity contribution is -0.134. The Kier molecular flexibility index (Phi) is 5.55. The summed E-state index contributed by atoms with van der Waals surface area (Å²) in [5.41, 5.74) is 0. The van der Waals surface area contributed by atoms with E-state index in [4.69, 9.17) is 10.5 Å². The topological polar surface area (TPSA) is 91.4 Å². The molecule has 0 aliphatic carbocycles. The monoisotopic (exact) mass is 290 g/mol. The molecule has 1 amide bonds. The Morgan fingerprint density at radius 3 is 2.14 bits per heavy atom. The van der Waals surface area contributed by atoms with Crippen molar-refractivity contribution < 1.29 is 9.90 Å². The minimum Gasteiger partial charge on any atom is -0.393 e. The molecule has 0 radical (unpaired) electrons. The number of piperidine rings is 1. The van der Waals surface area contributed by atoms with E-state index in [2.05, 4.69) is 4.90 Å². The molecule has 2 unspecified atom stereocenters. The molecule has 114 valence electrons. The first-order valence-electron chi connectivity index (χ1n) is 7.61. The highest BCUT2D eigenvalue weighted by molar-refractivity contribution is 5.78. The second-order valence-electron chi connectivity index (χ2n) is 5.88. The second kappa shape index (κ2) is 7.40. The van der Waals surface area contributed by atoms with E-state index >= 15 is 0 Å². The van der Waals surface area contributed by atoms with E-state index in [9.17, 15) is 9.90 Å². The number of rotatable bonds is 6. The largest absolute Gasteiger partial charge is 0.393 e. The fourth-order valence-electron chi connectivity index (χ4n) is 3.49. The maximum Gasteiger partial charge on any atom is 0.236 e. The summed E-state index contributed by atoms with van der Waals surface area (Å²) in [6.45, 7) is 1.13. The van der Waals surface area contributed by atoms with Crippen molar-refractivity contribution in [2.24, 2.45) is 0 Å². The van der Waals surface area contributed by atoms with Crippen LogP contribution >= 0.6 is 0 Å². The summed E-state index contributed by atoms with van der Waals surface area (Å²) in [5, 5.41) is 27.1. The molecule has 6 nitrogen and oxygen atoms in total. The summed E-state index contributed by atoms with van der Waals surface area (Å²) in [5.74, 6) is -0.00575. The van der Waals surface area contributed by atoms with Gasteiger partial charge in [-0.05, 0) is 25.7 Å². The third kappa shape index (κ3) is 3.93. The summed E-state index contributed by atoms with van der Waals surface area (Å²) in [7, 11) is 0. The van der Waals surface area contributed by atoms with Crippen LogP contribution in [0, 0.1) is 22.7 Å². The van der Waals surface area contributed by atoms with Gasteiger partial charge < -0.3 is 10.0 Å². The fraction of sp³-hybridized carbons (Fsp3) is 0.800. The maximum absolute atomic E-state index is 12.4. The number of nitrogens with zero attached hydrogens (tertiary/aromatic N) is 4. The van der Waals surface area contributed by atoms with Crippen molar-refractivity contribution in [1.29, 1.82) is 10.5 Å². The highest BCUT2D eigenvalue weighted by atomic mass is 16.3. The van der Waals surface area contributed by atoms with Crippen molar-refractivity contribution in [3.8, 4) is 12.1 Å². The van der Waals surface area contributed by atoms with Gasteiger partial charge in [0.15, 0.2) is 0 Å². The van der Waals surface area contributed by atoms with Crippen LogP contribution in [0.5, 0.6) is 0 Å². The van der Waals surface area contributed by atoms with Crippen LogP contribution < -0.4 is 0 Å². The number of aliphatic hydroxyl groups is 1. The molecule has 6 heteroatoms. The molecule has 2 bridgehead atoms. The fourth-order valence-corrected chi connectivity index (χ4v) is 3.49. The van der Waals surface area contributed by atoms with Crippen molar-refractivity contribution in [2.75, 3.05) is 19.6 Å². The molecular formula is C15H22N4O2. The van der Waals surface area contributed by atoms with Crippen molar-refractivity contribution >= 4 is 5.91 Å². The van der Waals surface area contributed by atoms with Gasteiger partial charge >= 0.3 is 0 Å². The van der Waals surface area contributed by atoms with Crippen LogP contribution in [0.1, 0.15) is 38.5 Å². The zero-order valence-corrected chi connectivity index (χ0v) is 12.2. The molecule has 0 spiro atoms. The average molecular weight is 290 g/mol. The van der Waals surface area contributed by atoms with Gasteiger partial charge in [0.05, 0.1) is 37.6 Å². The lowest BCUT2D eigenvalue weighted by Gasteiger charge is -2.37. The van der Waals surface area contributed by atoms with Crippen LogP contribution in [0.25, 0.3) is 0 Å². The number of carbonyl (C=O) groups excluding carboxylic acids is 1. The molecule has 2 fully saturated rings. The molecule has 0 saturated carbocycles. The predicted octanol–water partition coefficient (Wildman–Crippen LogP) is 0.630. The highest BCUT2D eigenvalue weighted by Crippen LogP contribution is 2.35. The Morgan fingerprint density at radius 1 is 1.14 bits per heavy atom. The normalized spacial score (nSPS) is 27.9. The molecule has 2 aliphatic rings. The Morgan fingerprint density at radius 2 is 1.67 bits per heavy atom. The van der Waals surface area contributed by atoms with E-state index in [1.807, 2.05) is 12.1 Å². The van der Waals surface area contributed by atoms with Gasteiger partial charge in [-0.3, -0.25) is 9.69 Å². The average Bonchev–Trinajstić information content (AvgIpc) is 2.70. The van der Waals surface area contributed by atoms with Crippen LogP contribution in [-0.2, 0) is 4.79 Å². The molecule has 2 rings (SSSR count). The first kappa shape index (κ1) is 15.8. The SMILES string of the molecule is N#CCCN(CCC#N)C(=O)CN1C2CCC1CC(O)C2. The van der Waals surface area contributed by atoms with Crippen molar-refractivity contribution in [2.45, 2.75) is 56.7 Å². The van der Waals surface area contributed by atoms with Crippen LogP contribution in [0.2, 0.25) is 0 Å². The first-order chi connectivity index (χ1) is 10.2. The van der Waals surface area contributed by atoms with E-state index < -0.39 is 0 Å². The van der Waals surface area contributed by atoms with Crippen LogP contribution in [0.4, 0.5) is 0 Å². The molecular weight excluding hydrogens is 268 g/mol. The Labute approximate surface area is 125 Å². The third-order valence-electron chi connectivity index (χ3n) is 4.52. The summed E-state index contributed by atoms with van der Waals surface area (Å²) in [4.78, 5) is 16.3. The van der Waals surface area contributed by atoms with E-state index in [0.29, 0.717) is 44.6 Å². The van der Waals surface area contributed by atoms with E-state index in [-0.39, 0.29) is 12.0 Å². The van der Waals surface area contributed by atoms with Crippen molar-refractivity contribution in [1.82, 2.24) is 9.80 Å². The maximum atomic E-state index is 12.4. The minimum absolute atomic E-state index is 0.00575. The number of fused-ring (bicyclic) bond motifs is 2. The Balaban J connectivity index is 1.92. The summed E-state index contributed by atoms with van der Waals surface area (Å²) < 4.78 is 0. The van der Waals surface area contributed by atoms with Crippen molar-refractivity contribution in [3.05, 3.63) is 0 Å². The number of aliphatic hydroxyl groups excluding tert-OH is 1. The molecule has 0 aromatic carbocycles. The van der Waals surface area contributed by atoms with Gasteiger partial charge in [-0.25, -0.2) is 0 Å². The van der Waals surface area contributed by atoms with E-state index in [1.54, 1.807) is 4.90 Å². The van der Waals surface area contributed by atoms with Gasteiger partial charge in [0.1, 0.15) is 0 Å². The van der Waals surface area contributed by atoms with Gasteiger partial charge in [0.2, 0.25) is 5.91 Å². The first-order valence-corrected chi connectivity index (χ1v) is 7.61. The zero-order valence-electron chi connectivity index (χ0n) is 12.2. The van der Waals surface area contributed by atoms with Crippen LogP contribution in [-0.4, -0.2) is 58.6 Å². The smallest absolute Gasteiger partial charge is 0.236 e. The Bertz CT molecular complexity index is 422. The summed E-state index contributed by atoms with van der Waals surface area (Å²) >= 11 is 0. The second-order valence-corrected chi connectivity index (χ2v) is 5.88. The van der Waals surface area contributed by atoms with Gasteiger partial charge in [-0.15, -0.1) is 0 Å². The van der Waals surface area contributed by atoms with Crippen LogP contribution in [0.3, 0.4) is 0 Å². The number of hydrogen-bond donors (Lipinski definition) is 1. The summed E-state index contributed by atoms with van der Waals surface area (Å²) in [6, 6.07) is 4.70. The van der Waals surface area contributed by atoms with Gasteiger partial charge in [0.25, 0.3) is 0 Å². The van der Waals surface area contributed by atoms with E-state index in [1.165, 1.54) is 0 Å². The molecule has 21 heavy (non-hydrogen) atoms. The number of hydrogen-bond acceptors (Lipinski definition) is 5. The van der Waals surface area contributed by atoms with Crippen LogP contribution in [0.15, 0.2) is 0 Å². The third-order valence-corrected chi connectivity index (χ3v) is 4.52. The van der Waals surface area contributed by atoms with Crippen molar-refractivity contribution in [3.63, 3.8) is 0 Å². The molecule has 0 aromatic heterocycles. The highest BCUT2D eigenvalue weighted by Gasteiger charge is 2.41. The number of carbonyl (C=O) groups is 1. The lowest BCUT2D eigenvalue weighted by atomic mass is 10.00. The molecule has 2 atom stereocenters. The number of nitriles is 2. The van der Waals surface area contributed by atoms with E-state index in [0.717, 1.165) is 25.7 Å². The van der Waals surface area contributed by atoms with Gasteiger partial charge in [0, 0.05) is 25.2 Å². The molecule has 0 aromatic rings. The molecule has 2 heterocycles. The minimum atomic E-state index is -0.234. The van der Waals surface area contributed by atoms with Gasteiger partial charge in [-0.1, -0.05) is 0 Å². The number of amides is 1. The molecule has 2 saturated heterocycles. The molecule has 2 aliphatic heterocycles. The van der Waals surface area contributed by atoms with Gasteiger partial charge in [-0.2, -0.15) is 10.5 Å². The summed E-state index contributed by atoms with van der Waals surface area (Å²) in [6.07, 6.45) is 3.95. The Hall–Kier alpha value is -1.63. The molecule has 1 N–H and O–H groups in total.